The van der Waals surface area contributed by atoms with Crippen molar-refractivity contribution < 1.29 is 8.81 Å². The number of fused-ring (bicyclic) bond motifs is 3. The van der Waals surface area contributed by atoms with E-state index in [1.807, 2.05) is 19.1 Å². The van der Waals surface area contributed by atoms with Crippen LogP contribution in [0.15, 0.2) is 39.2 Å². The zero-order chi connectivity index (χ0) is 11.3. The smallest absolute Gasteiger partial charge is 0.149 e. The Morgan fingerprint density at radius 3 is 2.75 bits per heavy atom. The molecule has 0 fully saturated rings. The number of halogens is 2. The fraction of sp³-hybridized carbons (Fsp3) is 0.0769. The van der Waals surface area contributed by atoms with Gasteiger partial charge in [-0.2, -0.15) is 0 Å². The van der Waals surface area contributed by atoms with Crippen LogP contribution in [-0.2, 0) is 0 Å². The molecule has 1 nitrogen and oxygen atoms in total. The standard InChI is InChI=1S/C13H8BrFO/c1-7-4-10-9-3-2-8(15)6-12(9)16-13(10)11(14)5-7/h2-6H,1H3. The second-order valence-electron chi connectivity index (χ2n) is 3.87. The highest BCUT2D eigenvalue weighted by Gasteiger charge is 2.10. The van der Waals surface area contributed by atoms with Crippen LogP contribution in [0.1, 0.15) is 5.56 Å². The van der Waals surface area contributed by atoms with Gasteiger partial charge in [0.1, 0.15) is 17.0 Å². The van der Waals surface area contributed by atoms with E-state index in [0.29, 0.717) is 5.58 Å². The molecular weight excluding hydrogens is 271 g/mol. The van der Waals surface area contributed by atoms with Crippen LogP contribution >= 0.6 is 15.9 Å². The minimum atomic E-state index is -0.278. The number of benzene rings is 2. The molecule has 0 aliphatic carbocycles. The van der Waals surface area contributed by atoms with Crippen LogP contribution in [0.2, 0.25) is 0 Å². The fourth-order valence-electron chi connectivity index (χ4n) is 1.95. The summed E-state index contributed by atoms with van der Waals surface area (Å²) in [5.74, 6) is -0.278. The van der Waals surface area contributed by atoms with Crippen LogP contribution in [0.5, 0.6) is 0 Å². The van der Waals surface area contributed by atoms with Crippen molar-refractivity contribution in [1.82, 2.24) is 0 Å². The summed E-state index contributed by atoms with van der Waals surface area (Å²) < 4.78 is 19.6. The van der Waals surface area contributed by atoms with E-state index in [0.717, 1.165) is 26.4 Å². The van der Waals surface area contributed by atoms with Gasteiger partial charge in [-0.15, -0.1) is 0 Å². The Hall–Kier alpha value is -1.35. The molecule has 0 atom stereocenters. The molecule has 0 unspecified atom stereocenters. The first-order chi connectivity index (χ1) is 7.65. The molecule has 3 rings (SSSR count). The normalized spacial score (nSPS) is 11.4. The highest BCUT2D eigenvalue weighted by Crippen LogP contribution is 2.34. The Bertz CT molecular complexity index is 700. The largest absolute Gasteiger partial charge is 0.455 e. The molecule has 0 radical (unpaired) electrons. The molecule has 80 valence electrons. The van der Waals surface area contributed by atoms with Crippen molar-refractivity contribution in [3.8, 4) is 0 Å². The SMILES string of the molecule is Cc1cc(Br)c2oc3cc(F)ccc3c2c1. The fourth-order valence-corrected chi connectivity index (χ4v) is 2.60. The van der Waals surface area contributed by atoms with E-state index in [-0.39, 0.29) is 5.82 Å². The third-order valence-electron chi connectivity index (χ3n) is 2.63. The van der Waals surface area contributed by atoms with E-state index in [9.17, 15) is 4.39 Å². The van der Waals surface area contributed by atoms with Crippen LogP contribution in [0.25, 0.3) is 21.9 Å². The lowest BCUT2D eigenvalue weighted by atomic mass is 10.1. The molecule has 2 aromatic carbocycles. The average molecular weight is 279 g/mol. The van der Waals surface area contributed by atoms with Gasteiger partial charge >= 0.3 is 0 Å². The Morgan fingerprint density at radius 1 is 1.12 bits per heavy atom. The lowest BCUT2D eigenvalue weighted by Crippen LogP contribution is -1.74. The molecule has 3 aromatic rings. The molecular formula is C13H8BrFO. The molecule has 0 saturated heterocycles. The molecule has 0 aliphatic rings. The lowest BCUT2D eigenvalue weighted by molar-refractivity contribution is 0.618. The summed E-state index contributed by atoms with van der Waals surface area (Å²) >= 11 is 3.46. The van der Waals surface area contributed by atoms with E-state index in [4.69, 9.17) is 4.42 Å². The molecule has 0 N–H and O–H groups in total. The zero-order valence-corrected chi connectivity index (χ0v) is 10.1. The topological polar surface area (TPSA) is 13.1 Å². The highest BCUT2D eigenvalue weighted by atomic mass is 79.9. The molecule has 3 heteroatoms. The van der Waals surface area contributed by atoms with Crippen molar-refractivity contribution in [3.63, 3.8) is 0 Å². The monoisotopic (exact) mass is 278 g/mol. The maximum absolute atomic E-state index is 13.1. The third kappa shape index (κ3) is 1.35. The van der Waals surface area contributed by atoms with Gasteiger partial charge in [0.2, 0.25) is 0 Å². The molecule has 0 bridgehead atoms. The lowest BCUT2D eigenvalue weighted by Gasteiger charge is -1.95. The van der Waals surface area contributed by atoms with E-state index < -0.39 is 0 Å². The zero-order valence-electron chi connectivity index (χ0n) is 8.55. The first kappa shape index (κ1) is 9.85. The van der Waals surface area contributed by atoms with Crippen LogP contribution in [0.4, 0.5) is 4.39 Å². The van der Waals surface area contributed by atoms with Gasteiger partial charge < -0.3 is 4.42 Å². The van der Waals surface area contributed by atoms with Gasteiger partial charge in [-0.25, -0.2) is 4.39 Å². The van der Waals surface area contributed by atoms with E-state index in [2.05, 4.69) is 15.9 Å². The van der Waals surface area contributed by atoms with Crippen molar-refractivity contribution >= 4 is 37.9 Å². The minimum Gasteiger partial charge on any atom is -0.455 e. The second-order valence-corrected chi connectivity index (χ2v) is 4.72. The Kier molecular flexibility index (Phi) is 2.04. The van der Waals surface area contributed by atoms with Gasteiger partial charge in [-0.3, -0.25) is 0 Å². The summed E-state index contributed by atoms with van der Waals surface area (Å²) in [6.45, 7) is 2.02. The Balaban J connectivity index is 2.55. The number of furan rings is 1. The second kappa shape index (κ2) is 3.32. The maximum atomic E-state index is 13.1. The van der Waals surface area contributed by atoms with Gasteiger partial charge in [-0.1, -0.05) is 0 Å². The molecule has 0 spiro atoms. The first-order valence-corrected chi connectivity index (χ1v) is 5.72. The molecule has 1 aromatic heterocycles. The number of hydrogen-bond donors (Lipinski definition) is 0. The van der Waals surface area contributed by atoms with E-state index in [1.54, 1.807) is 6.07 Å². The van der Waals surface area contributed by atoms with Crippen molar-refractivity contribution in [1.29, 1.82) is 0 Å². The summed E-state index contributed by atoms with van der Waals surface area (Å²) in [5.41, 5.74) is 2.50. The Labute approximate surface area is 100.0 Å². The summed E-state index contributed by atoms with van der Waals surface area (Å²) in [5, 5.41) is 1.96. The predicted molar refractivity (Wildman–Crippen MR) is 66.1 cm³/mol. The van der Waals surface area contributed by atoms with E-state index >= 15 is 0 Å². The van der Waals surface area contributed by atoms with Crippen LogP contribution in [-0.4, -0.2) is 0 Å². The molecule has 16 heavy (non-hydrogen) atoms. The van der Waals surface area contributed by atoms with Crippen LogP contribution in [0.3, 0.4) is 0 Å². The van der Waals surface area contributed by atoms with Crippen molar-refractivity contribution in [3.05, 3.63) is 46.2 Å². The third-order valence-corrected chi connectivity index (χ3v) is 3.22. The summed E-state index contributed by atoms with van der Waals surface area (Å²) in [6, 6.07) is 8.65. The number of aryl methyl sites for hydroxylation is 1. The van der Waals surface area contributed by atoms with Gasteiger partial charge in [0.25, 0.3) is 0 Å². The average Bonchev–Trinajstić information content (AvgIpc) is 2.56. The van der Waals surface area contributed by atoms with Gasteiger partial charge in [0.05, 0.1) is 4.47 Å². The quantitative estimate of drug-likeness (QED) is 0.576. The summed E-state index contributed by atoms with van der Waals surface area (Å²) in [4.78, 5) is 0. The summed E-state index contributed by atoms with van der Waals surface area (Å²) in [7, 11) is 0. The van der Waals surface area contributed by atoms with Crippen molar-refractivity contribution in [2.24, 2.45) is 0 Å². The molecule has 0 amide bonds. The van der Waals surface area contributed by atoms with Crippen molar-refractivity contribution in [2.75, 3.05) is 0 Å². The van der Waals surface area contributed by atoms with E-state index in [1.165, 1.54) is 12.1 Å². The molecule has 0 saturated carbocycles. The highest BCUT2D eigenvalue weighted by molar-refractivity contribution is 9.10. The first-order valence-electron chi connectivity index (χ1n) is 4.93. The summed E-state index contributed by atoms with van der Waals surface area (Å²) in [6.07, 6.45) is 0. The minimum absolute atomic E-state index is 0.278. The molecule has 1 heterocycles. The van der Waals surface area contributed by atoms with Crippen LogP contribution < -0.4 is 0 Å². The number of hydrogen-bond acceptors (Lipinski definition) is 1. The Morgan fingerprint density at radius 2 is 1.94 bits per heavy atom. The number of rotatable bonds is 0. The predicted octanol–water partition coefficient (Wildman–Crippen LogP) is 4.80. The molecule has 0 aliphatic heterocycles. The van der Waals surface area contributed by atoms with Gasteiger partial charge in [-0.05, 0) is 52.7 Å². The van der Waals surface area contributed by atoms with Crippen LogP contribution in [0, 0.1) is 12.7 Å². The maximum Gasteiger partial charge on any atom is 0.149 e. The van der Waals surface area contributed by atoms with Crippen molar-refractivity contribution in [2.45, 2.75) is 6.92 Å². The van der Waals surface area contributed by atoms with Gasteiger partial charge in [0, 0.05) is 16.8 Å². The van der Waals surface area contributed by atoms with Gasteiger partial charge in [0.15, 0.2) is 0 Å².